The van der Waals surface area contributed by atoms with Gasteiger partial charge in [-0.05, 0) is 24.5 Å². The SMILES string of the molecule is CSc1nnc(SCCOc2cccc(Br)c2)s1. The van der Waals surface area contributed by atoms with Crippen molar-refractivity contribution < 1.29 is 4.74 Å². The number of rotatable bonds is 6. The summed E-state index contributed by atoms with van der Waals surface area (Å²) in [4.78, 5) is 0. The molecular formula is C11H11BrN2OS3. The van der Waals surface area contributed by atoms with E-state index in [1.165, 1.54) is 0 Å². The van der Waals surface area contributed by atoms with Gasteiger partial charge in [0.25, 0.3) is 0 Å². The van der Waals surface area contributed by atoms with Crippen molar-refractivity contribution in [1.82, 2.24) is 10.2 Å². The highest BCUT2D eigenvalue weighted by Crippen LogP contribution is 2.27. The van der Waals surface area contributed by atoms with Gasteiger partial charge >= 0.3 is 0 Å². The fraction of sp³-hybridized carbons (Fsp3) is 0.273. The molecule has 96 valence electrons. The number of nitrogens with zero attached hydrogens (tertiary/aromatic N) is 2. The van der Waals surface area contributed by atoms with Crippen molar-refractivity contribution in [1.29, 1.82) is 0 Å². The first kappa shape index (κ1) is 14.2. The Bertz CT molecular complexity index is 507. The lowest BCUT2D eigenvalue weighted by atomic mass is 10.3. The summed E-state index contributed by atoms with van der Waals surface area (Å²) in [5.74, 6) is 1.75. The number of hydrogen-bond acceptors (Lipinski definition) is 6. The van der Waals surface area contributed by atoms with E-state index in [0.717, 1.165) is 24.7 Å². The van der Waals surface area contributed by atoms with Crippen molar-refractivity contribution in [3.8, 4) is 5.75 Å². The van der Waals surface area contributed by atoms with Crippen LogP contribution in [0.1, 0.15) is 0 Å². The van der Waals surface area contributed by atoms with Crippen LogP contribution >= 0.6 is 50.8 Å². The molecule has 1 heterocycles. The first-order valence-corrected chi connectivity index (χ1v) is 8.98. The van der Waals surface area contributed by atoms with Gasteiger partial charge in [-0.1, -0.05) is 56.9 Å². The number of ether oxygens (including phenoxy) is 1. The average Bonchev–Trinajstić information content (AvgIpc) is 2.83. The van der Waals surface area contributed by atoms with Gasteiger partial charge in [-0.15, -0.1) is 10.2 Å². The molecule has 2 aromatic rings. The van der Waals surface area contributed by atoms with E-state index < -0.39 is 0 Å². The summed E-state index contributed by atoms with van der Waals surface area (Å²) in [5.41, 5.74) is 0. The van der Waals surface area contributed by atoms with Crippen LogP contribution in [0.5, 0.6) is 5.75 Å². The molecule has 3 nitrogen and oxygen atoms in total. The van der Waals surface area contributed by atoms with Gasteiger partial charge in [0, 0.05) is 10.2 Å². The fourth-order valence-corrected chi connectivity index (χ4v) is 3.89. The van der Waals surface area contributed by atoms with E-state index in [9.17, 15) is 0 Å². The monoisotopic (exact) mass is 362 g/mol. The predicted octanol–water partition coefficient (Wildman–Crippen LogP) is 4.19. The van der Waals surface area contributed by atoms with Crippen molar-refractivity contribution in [3.63, 3.8) is 0 Å². The van der Waals surface area contributed by atoms with Crippen LogP contribution in [0.4, 0.5) is 0 Å². The van der Waals surface area contributed by atoms with Crippen LogP contribution in [-0.4, -0.2) is 28.8 Å². The van der Waals surface area contributed by atoms with E-state index in [-0.39, 0.29) is 0 Å². The zero-order valence-electron chi connectivity index (χ0n) is 9.63. The van der Waals surface area contributed by atoms with E-state index >= 15 is 0 Å². The van der Waals surface area contributed by atoms with Crippen molar-refractivity contribution >= 4 is 50.8 Å². The first-order chi connectivity index (χ1) is 8.78. The minimum atomic E-state index is 0.662. The molecule has 0 aliphatic rings. The number of halogens is 1. The van der Waals surface area contributed by atoms with E-state index in [1.807, 2.05) is 30.5 Å². The maximum Gasteiger partial charge on any atom is 0.175 e. The van der Waals surface area contributed by atoms with Gasteiger partial charge in [-0.3, -0.25) is 0 Å². The molecule has 1 aromatic heterocycles. The molecule has 0 spiro atoms. The Kier molecular flexibility index (Phi) is 5.81. The van der Waals surface area contributed by atoms with Crippen molar-refractivity contribution in [3.05, 3.63) is 28.7 Å². The average molecular weight is 363 g/mol. The topological polar surface area (TPSA) is 35.0 Å². The van der Waals surface area contributed by atoms with Crippen molar-refractivity contribution in [2.75, 3.05) is 18.6 Å². The molecule has 0 N–H and O–H groups in total. The minimum absolute atomic E-state index is 0.662. The summed E-state index contributed by atoms with van der Waals surface area (Å²) < 4.78 is 8.67. The number of hydrogen-bond donors (Lipinski definition) is 0. The maximum atomic E-state index is 5.64. The van der Waals surface area contributed by atoms with Crippen LogP contribution in [0.25, 0.3) is 0 Å². The van der Waals surface area contributed by atoms with Crippen molar-refractivity contribution in [2.24, 2.45) is 0 Å². The molecule has 0 aliphatic heterocycles. The molecule has 0 fully saturated rings. The van der Waals surface area contributed by atoms with E-state index in [1.54, 1.807) is 34.9 Å². The summed E-state index contributed by atoms with van der Waals surface area (Å²) in [6, 6.07) is 7.85. The van der Waals surface area contributed by atoms with Gasteiger partial charge in [0.1, 0.15) is 5.75 Å². The molecule has 0 amide bonds. The summed E-state index contributed by atoms with van der Waals surface area (Å²) in [7, 11) is 0. The Balaban J connectivity index is 1.72. The third-order valence-corrected chi connectivity index (χ3v) is 5.43. The summed E-state index contributed by atoms with van der Waals surface area (Å²) >= 11 is 8.33. The molecule has 7 heteroatoms. The van der Waals surface area contributed by atoms with Gasteiger partial charge in [-0.2, -0.15) is 0 Å². The second-order valence-electron chi connectivity index (χ2n) is 3.19. The van der Waals surface area contributed by atoms with Crippen LogP contribution in [0.3, 0.4) is 0 Å². The van der Waals surface area contributed by atoms with Crippen molar-refractivity contribution in [2.45, 2.75) is 8.68 Å². The lowest BCUT2D eigenvalue weighted by Crippen LogP contribution is -1.99. The first-order valence-electron chi connectivity index (χ1n) is 5.16. The van der Waals surface area contributed by atoms with Gasteiger partial charge in [-0.25, -0.2) is 0 Å². The summed E-state index contributed by atoms with van der Waals surface area (Å²) in [6.45, 7) is 0.662. The smallest absolute Gasteiger partial charge is 0.175 e. The fourth-order valence-electron chi connectivity index (χ4n) is 1.18. The van der Waals surface area contributed by atoms with Crippen LogP contribution in [0.2, 0.25) is 0 Å². The maximum absolute atomic E-state index is 5.64. The Morgan fingerprint density at radius 1 is 1.33 bits per heavy atom. The highest BCUT2D eigenvalue weighted by Gasteiger charge is 2.03. The Labute approximate surface area is 127 Å². The zero-order valence-corrected chi connectivity index (χ0v) is 13.7. The van der Waals surface area contributed by atoms with Crippen LogP contribution in [0, 0.1) is 0 Å². The van der Waals surface area contributed by atoms with E-state index in [2.05, 4.69) is 26.1 Å². The third kappa shape index (κ3) is 4.46. The minimum Gasteiger partial charge on any atom is -0.493 e. The van der Waals surface area contributed by atoms with Gasteiger partial charge in [0.2, 0.25) is 0 Å². The standard InChI is InChI=1S/C11H11BrN2OS3/c1-16-10-13-14-11(18-10)17-6-5-15-9-4-2-3-8(12)7-9/h2-4,7H,5-6H2,1H3. The molecule has 0 atom stereocenters. The van der Waals surface area contributed by atoms with E-state index in [0.29, 0.717) is 6.61 Å². The molecule has 0 saturated heterocycles. The lowest BCUT2D eigenvalue weighted by molar-refractivity contribution is 0.344. The normalized spacial score (nSPS) is 10.6. The zero-order chi connectivity index (χ0) is 12.8. The molecule has 0 aliphatic carbocycles. The molecule has 0 unspecified atom stereocenters. The molecule has 0 radical (unpaired) electrons. The Morgan fingerprint density at radius 2 is 2.17 bits per heavy atom. The lowest BCUT2D eigenvalue weighted by Gasteiger charge is -2.04. The summed E-state index contributed by atoms with van der Waals surface area (Å²) in [5, 5.41) is 8.14. The van der Waals surface area contributed by atoms with Crippen LogP contribution in [-0.2, 0) is 0 Å². The van der Waals surface area contributed by atoms with Crippen LogP contribution < -0.4 is 4.74 Å². The molecule has 0 bridgehead atoms. The number of thioether (sulfide) groups is 2. The Hall–Kier alpha value is -0.240. The quantitative estimate of drug-likeness (QED) is 0.568. The number of benzene rings is 1. The second-order valence-corrected chi connectivity index (χ2v) is 7.48. The third-order valence-electron chi connectivity index (χ3n) is 1.94. The van der Waals surface area contributed by atoms with E-state index in [4.69, 9.17) is 4.74 Å². The van der Waals surface area contributed by atoms with Gasteiger partial charge in [0.05, 0.1) is 6.61 Å². The molecule has 0 saturated carbocycles. The molecule has 1 aromatic carbocycles. The molecular weight excluding hydrogens is 352 g/mol. The molecule has 18 heavy (non-hydrogen) atoms. The van der Waals surface area contributed by atoms with Gasteiger partial charge < -0.3 is 4.74 Å². The Morgan fingerprint density at radius 3 is 2.89 bits per heavy atom. The summed E-state index contributed by atoms with van der Waals surface area (Å²) in [6.07, 6.45) is 2.01. The highest BCUT2D eigenvalue weighted by molar-refractivity contribution is 9.10. The largest absolute Gasteiger partial charge is 0.493 e. The van der Waals surface area contributed by atoms with Gasteiger partial charge in [0.15, 0.2) is 8.68 Å². The molecule has 2 rings (SSSR count). The highest BCUT2D eigenvalue weighted by atomic mass is 79.9. The number of aromatic nitrogens is 2. The second kappa shape index (κ2) is 7.37. The van der Waals surface area contributed by atoms with Crippen LogP contribution in [0.15, 0.2) is 37.4 Å². The predicted molar refractivity (Wildman–Crippen MR) is 82.1 cm³/mol.